The van der Waals surface area contributed by atoms with Gasteiger partial charge in [-0.15, -0.1) is 0 Å². The molecule has 1 atom stereocenters. The van der Waals surface area contributed by atoms with Crippen LogP contribution in [0, 0.1) is 5.82 Å². The molecule has 0 radical (unpaired) electrons. The van der Waals surface area contributed by atoms with Gasteiger partial charge in [0.15, 0.2) is 0 Å². The van der Waals surface area contributed by atoms with Crippen molar-refractivity contribution < 1.29 is 9.18 Å². The van der Waals surface area contributed by atoms with E-state index in [2.05, 4.69) is 24.1 Å². The van der Waals surface area contributed by atoms with Gasteiger partial charge in [-0.05, 0) is 73.5 Å². The second-order valence-corrected chi connectivity index (χ2v) is 9.48. The number of hydrogen-bond acceptors (Lipinski definition) is 3. The van der Waals surface area contributed by atoms with Gasteiger partial charge in [0.25, 0.3) is 5.91 Å². The number of carbonyl (C=O) groups is 1. The molecule has 0 saturated heterocycles. The molecule has 0 aliphatic rings. The summed E-state index contributed by atoms with van der Waals surface area (Å²) in [5, 5.41) is 9.35. The van der Waals surface area contributed by atoms with Gasteiger partial charge in [0.05, 0.1) is 18.1 Å². The molecule has 0 saturated carbocycles. The minimum absolute atomic E-state index is 0.0697. The summed E-state index contributed by atoms with van der Waals surface area (Å²) in [6.07, 6.45) is 4.08. The molecule has 1 heterocycles. The lowest BCUT2D eigenvalue weighted by atomic mass is 10.0. The van der Waals surface area contributed by atoms with Crippen molar-refractivity contribution in [3.8, 4) is 0 Å². The third-order valence-electron chi connectivity index (χ3n) is 6.24. The van der Waals surface area contributed by atoms with E-state index in [4.69, 9.17) is 16.7 Å². The first kappa shape index (κ1) is 25.9. The Morgan fingerprint density at radius 1 is 1.06 bits per heavy atom. The van der Waals surface area contributed by atoms with Gasteiger partial charge in [-0.3, -0.25) is 14.4 Å². The molecule has 4 aromatic rings. The van der Waals surface area contributed by atoms with Gasteiger partial charge in [-0.2, -0.15) is 5.10 Å². The fraction of sp³-hybridized carbons (Fsp3) is 0.310. The second kappa shape index (κ2) is 12.2. The molecule has 0 spiro atoms. The maximum Gasteiger partial charge on any atom is 0.251 e. The van der Waals surface area contributed by atoms with Gasteiger partial charge in [-0.25, -0.2) is 4.39 Å². The highest BCUT2D eigenvalue weighted by atomic mass is 35.5. The number of carbonyl (C=O) groups excluding carboxylic acids is 1. The third-order valence-corrected chi connectivity index (χ3v) is 6.47. The summed E-state index contributed by atoms with van der Waals surface area (Å²) >= 11 is 6.04. The smallest absolute Gasteiger partial charge is 0.251 e. The standard InChI is InChI=1S/C29H32ClFN4O/c1-3-14-34(15-4-2)28(22-10-12-26(31)13-11-22)20-35-19-24-9-8-23(17-27(24)33-35)29(36)32-18-21-6-5-7-25(30)16-21/h5-13,16-17,19,28H,3-4,14-15,18,20H2,1-2H3,(H,32,36). The molecule has 1 amide bonds. The van der Waals surface area contributed by atoms with Gasteiger partial charge in [0.1, 0.15) is 5.82 Å². The molecule has 0 aliphatic carbocycles. The van der Waals surface area contributed by atoms with Crippen molar-refractivity contribution in [3.05, 3.63) is 100 Å². The molecule has 5 nitrogen and oxygen atoms in total. The highest BCUT2D eigenvalue weighted by Crippen LogP contribution is 2.25. The Kier molecular flexibility index (Phi) is 8.73. The van der Waals surface area contributed by atoms with Gasteiger partial charge in [-0.1, -0.05) is 55.8 Å². The van der Waals surface area contributed by atoms with E-state index < -0.39 is 0 Å². The highest BCUT2D eigenvalue weighted by molar-refractivity contribution is 6.30. The molecule has 7 heteroatoms. The van der Waals surface area contributed by atoms with Crippen LogP contribution < -0.4 is 5.32 Å². The lowest BCUT2D eigenvalue weighted by molar-refractivity contribution is 0.0951. The fourth-order valence-electron chi connectivity index (χ4n) is 4.53. The van der Waals surface area contributed by atoms with Crippen molar-refractivity contribution in [2.24, 2.45) is 0 Å². The van der Waals surface area contributed by atoms with E-state index in [1.807, 2.05) is 65.5 Å². The largest absolute Gasteiger partial charge is 0.348 e. The number of fused-ring (bicyclic) bond motifs is 1. The molecule has 1 aromatic heterocycles. The maximum atomic E-state index is 13.6. The lowest BCUT2D eigenvalue weighted by Gasteiger charge is -2.31. The average molecular weight is 507 g/mol. The zero-order chi connectivity index (χ0) is 25.5. The van der Waals surface area contributed by atoms with Crippen LogP contribution in [0.5, 0.6) is 0 Å². The summed E-state index contributed by atoms with van der Waals surface area (Å²) in [4.78, 5) is 15.2. The molecule has 0 fully saturated rings. The van der Waals surface area contributed by atoms with Crippen LogP contribution in [-0.2, 0) is 13.1 Å². The van der Waals surface area contributed by atoms with E-state index in [0.717, 1.165) is 48.0 Å². The lowest BCUT2D eigenvalue weighted by Crippen LogP contribution is -2.33. The van der Waals surface area contributed by atoms with Crippen molar-refractivity contribution in [2.75, 3.05) is 13.1 Å². The number of rotatable bonds is 11. The molecule has 1 N–H and O–H groups in total. The first-order valence-corrected chi connectivity index (χ1v) is 12.8. The Hall–Kier alpha value is -3.22. The van der Waals surface area contributed by atoms with Crippen molar-refractivity contribution in [1.82, 2.24) is 20.0 Å². The number of hydrogen-bond donors (Lipinski definition) is 1. The Balaban J connectivity index is 1.53. The van der Waals surface area contributed by atoms with Crippen LogP contribution in [-0.4, -0.2) is 33.7 Å². The molecule has 188 valence electrons. The van der Waals surface area contributed by atoms with Crippen LogP contribution in [0.15, 0.2) is 72.9 Å². The number of amides is 1. The van der Waals surface area contributed by atoms with E-state index >= 15 is 0 Å². The normalized spacial score (nSPS) is 12.2. The van der Waals surface area contributed by atoms with Crippen molar-refractivity contribution in [1.29, 1.82) is 0 Å². The number of nitrogens with one attached hydrogen (secondary N) is 1. The number of aromatic nitrogens is 2. The quantitative estimate of drug-likeness (QED) is 0.248. The zero-order valence-corrected chi connectivity index (χ0v) is 21.5. The van der Waals surface area contributed by atoms with Gasteiger partial charge in [0, 0.05) is 28.7 Å². The minimum Gasteiger partial charge on any atom is -0.348 e. The first-order valence-electron chi connectivity index (χ1n) is 12.5. The van der Waals surface area contributed by atoms with Crippen LogP contribution >= 0.6 is 11.6 Å². The van der Waals surface area contributed by atoms with Crippen LogP contribution in [0.1, 0.15) is 54.2 Å². The summed E-state index contributed by atoms with van der Waals surface area (Å²) in [5.74, 6) is -0.395. The number of halogens is 2. The van der Waals surface area contributed by atoms with Crippen LogP contribution in [0.2, 0.25) is 5.02 Å². The summed E-state index contributed by atoms with van der Waals surface area (Å²) < 4.78 is 15.6. The van der Waals surface area contributed by atoms with Gasteiger partial charge < -0.3 is 5.32 Å². The molecular weight excluding hydrogens is 475 g/mol. The fourth-order valence-corrected chi connectivity index (χ4v) is 4.74. The maximum absolute atomic E-state index is 13.6. The predicted molar refractivity (Wildman–Crippen MR) is 144 cm³/mol. The summed E-state index contributed by atoms with van der Waals surface area (Å²) in [5.41, 5.74) is 3.33. The Labute approximate surface area is 216 Å². The first-order chi connectivity index (χ1) is 17.5. The van der Waals surface area contributed by atoms with Gasteiger partial charge >= 0.3 is 0 Å². The molecule has 0 bridgehead atoms. The topological polar surface area (TPSA) is 50.2 Å². The Morgan fingerprint density at radius 3 is 2.50 bits per heavy atom. The summed E-state index contributed by atoms with van der Waals surface area (Å²) in [6.45, 7) is 7.28. The van der Waals surface area contributed by atoms with E-state index in [9.17, 15) is 9.18 Å². The second-order valence-electron chi connectivity index (χ2n) is 9.04. The number of nitrogens with zero attached hydrogens (tertiary/aromatic N) is 3. The molecule has 4 rings (SSSR count). The summed E-state index contributed by atoms with van der Waals surface area (Å²) in [6, 6.07) is 19.8. The van der Waals surface area contributed by atoms with E-state index in [-0.39, 0.29) is 17.8 Å². The molecule has 3 aromatic carbocycles. The minimum atomic E-state index is -0.235. The van der Waals surface area contributed by atoms with Crippen LogP contribution in [0.4, 0.5) is 4.39 Å². The molecule has 1 unspecified atom stereocenters. The van der Waals surface area contributed by atoms with E-state index in [0.29, 0.717) is 23.7 Å². The molecule has 0 aliphatic heterocycles. The third kappa shape index (κ3) is 6.50. The Morgan fingerprint density at radius 2 is 1.81 bits per heavy atom. The molecular formula is C29H32ClFN4O. The van der Waals surface area contributed by atoms with E-state index in [1.54, 1.807) is 0 Å². The number of benzene rings is 3. The van der Waals surface area contributed by atoms with E-state index in [1.165, 1.54) is 12.1 Å². The highest BCUT2D eigenvalue weighted by Gasteiger charge is 2.21. The van der Waals surface area contributed by atoms with Crippen molar-refractivity contribution >= 4 is 28.4 Å². The SMILES string of the molecule is CCCN(CCC)C(Cn1cc2ccc(C(=O)NCc3cccc(Cl)c3)cc2n1)c1ccc(F)cc1. The van der Waals surface area contributed by atoms with Gasteiger partial charge in [0.2, 0.25) is 0 Å². The molecule has 36 heavy (non-hydrogen) atoms. The monoisotopic (exact) mass is 506 g/mol. The Bertz CT molecular complexity index is 1300. The zero-order valence-electron chi connectivity index (χ0n) is 20.8. The predicted octanol–water partition coefficient (Wildman–Crippen LogP) is 6.62. The summed E-state index contributed by atoms with van der Waals surface area (Å²) in [7, 11) is 0. The van der Waals surface area contributed by atoms with Crippen molar-refractivity contribution in [2.45, 2.75) is 45.8 Å². The van der Waals surface area contributed by atoms with Crippen LogP contribution in [0.25, 0.3) is 10.9 Å². The van der Waals surface area contributed by atoms with Crippen molar-refractivity contribution in [3.63, 3.8) is 0 Å². The van der Waals surface area contributed by atoms with Crippen LogP contribution in [0.3, 0.4) is 0 Å². The average Bonchev–Trinajstić information content (AvgIpc) is 3.28.